The van der Waals surface area contributed by atoms with Gasteiger partial charge in [-0.1, -0.05) is 6.07 Å². The molecule has 0 atom stereocenters. The molecular formula is C15H19NO3. The second-order valence-corrected chi connectivity index (χ2v) is 4.18. The van der Waals surface area contributed by atoms with Gasteiger partial charge in [0.15, 0.2) is 11.5 Å². The van der Waals surface area contributed by atoms with Gasteiger partial charge in [-0.3, -0.25) is 0 Å². The van der Waals surface area contributed by atoms with Crippen molar-refractivity contribution < 1.29 is 14.2 Å². The van der Waals surface area contributed by atoms with Crippen LogP contribution in [0, 0.1) is 0 Å². The molecule has 0 saturated carbocycles. The zero-order valence-corrected chi connectivity index (χ0v) is 11.5. The van der Waals surface area contributed by atoms with E-state index in [9.17, 15) is 0 Å². The van der Waals surface area contributed by atoms with Crippen molar-refractivity contribution in [3.63, 3.8) is 0 Å². The first-order valence-corrected chi connectivity index (χ1v) is 6.17. The average Bonchev–Trinajstić information content (AvgIpc) is 2.46. The van der Waals surface area contributed by atoms with Crippen molar-refractivity contribution in [1.29, 1.82) is 0 Å². The monoisotopic (exact) mass is 261 g/mol. The molecule has 0 heterocycles. The van der Waals surface area contributed by atoms with Crippen LogP contribution in [0.5, 0.6) is 17.2 Å². The fourth-order valence-electron chi connectivity index (χ4n) is 2.37. The van der Waals surface area contributed by atoms with Crippen LogP contribution in [0.15, 0.2) is 24.3 Å². The second kappa shape index (κ2) is 5.80. The van der Waals surface area contributed by atoms with Gasteiger partial charge in [-0.2, -0.15) is 0 Å². The molecule has 0 radical (unpaired) electrons. The van der Waals surface area contributed by atoms with Gasteiger partial charge in [0.1, 0.15) is 5.75 Å². The van der Waals surface area contributed by atoms with Gasteiger partial charge >= 0.3 is 0 Å². The van der Waals surface area contributed by atoms with E-state index in [0.717, 1.165) is 40.0 Å². The minimum Gasteiger partial charge on any atom is -0.496 e. The standard InChI is InChI=1S/C15H19NO3/c1-17-13-6-5-12-10(11(13)8-9-16)4-7-14(18-2)15(12)19-3/h4-7H,8-9,16H2,1-3H3. The summed E-state index contributed by atoms with van der Waals surface area (Å²) in [4.78, 5) is 0. The van der Waals surface area contributed by atoms with E-state index in [4.69, 9.17) is 19.9 Å². The first-order chi connectivity index (χ1) is 9.26. The van der Waals surface area contributed by atoms with E-state index in [1.807, 2.05) is 24.3 Å². The highest BCUT2D eigenvalue weighted by molar-refractivity contribution is 5.94. The highest BCUT2D eigenvalue weighted by atomic mass is 16.5. The number of rotatable bonds is 5. The van der Waals surface area contributed by atoms with Crippen LogP contribution in [0.3, 0.4) is 0 Å². The number of methoxy groups -OCH3 is 3. The summed E-state index contributed by atoms with van der Waals surface area (Å²) in [5.41, 5.74) is 6.79. The molecule has 19 heavy (non-hydrogen) atoms. The molecule has 2 N–H and O–H groups in total. The topological polar surface area (TPSA) is 53.7 Å². The molecule has 0 saturated heterocycles. The Hall–Kier alpha value is -1.94. The van der Waals surface area contributed by atoms with Gasteiger partial charge in [0.2, 0.25) is 0 Å². The van der Waals surface area contributed by atoms with Crippen LogP contribution in [-0.2, 0) is 6.42 Å². The van der Waals surface area contributed by atoms with Crippen LogP contribution in [0.1, 0.15) is 5.56 Å². The highest BCUT2D eigenvalue weighted by Crippen LogP contribution is 2.39. The van der Waals surface area contributed by atoms with Crippen molar-refractivity contribution in [2.75, 3.05) is 27.9 Å². The molecule has 0 spiro atoms. The van der Waals surface area contributed by atoms with Crippen LogP contribution in [-0.4, -0.2) is 27.9 Å². The van der Waals surface area contributed by atoms with Crippen LogP contribution in [0.2, 0.25) is 0 Å². The molecule has 2 aromatic rings. The molecule has 0 aliphatic rings. The summed E-state index contributed by atoms with van der Waals surface area (Å²) < 4.78 is 16.2. The maximum Gasteiger partial charge on any atom is 0.168 e. The molecule has 0 aliphatic heterocycles. The van der Waals surface area contributed by atoms with E-state index in [1.165, 1.54) is 0 Å². The predicted molar refractivity (Wildman–Crippen MR) is 76.4 cm³/mol. The lowest BCUT2D eigenvalue weighted by molar-refractivity contribution is 0.358. The summed E-state index contributed by atoms with van der Waals surface area (Å²) in [6.45, 7) is 0.573. The molecule has 0 amide bonds. The van der Waals surface area contributed by atoms with Crippen molar-refractivity contribution in [2.45, 2.75) is 6.42 Å². The SMILES string of the molecule is COc1ccc2c(OC)c(OC)ccc2c1CCN. The Morgan fingerprint density at radius 2 is 1.47 bits per heavy atom. The maximum atomic E-state index is 5.69. The number of benzene rings is 2. The Labute approximate surface area is 113 Å². The Balaban J connectivity index is 2.75. The molecule has 0 aromatic heterocycles. The molecule has 0 fully saturated rings. The Morgan fingerprint density at radius 1 is 0.842 bits per heavy atom. The lowest BCUT2D eigenvalue weighted by atomic mass is 10.00. The average molecular weight is 261 g/mol. The maximum absolute atomic E-state index is 5.69. The minimum absolute atomic E-state index is 0.573. The summed E-state index contributed by atoms with van der Waals surface area (Å²) in [6, 6.07) is 7.84. The predicted octanol–water partition coefficient (Wildman–Crippen LogP) is 2.37. The largest absolute Gasteiger partial charge is 0.496 e. The van der Waals surface area contributed by atoms with Gasteiger partial charge in [-0.25, -0.2) is 0 Å². The van der Waals surface area contributed by atoms with Crippen molar-refractivity contribution in [2.24, 2.45) is 5.73 Å². The summed E-state index contributed by atoms with van der Waals surface area (Å²) >= 11 is 0. The lowest BCUT2D eigenvalue weighted by Crippen LogP contribution is -2.05. The second-order valence-electron chi connectivity index (χ2n) is 4.18. The minimum atomic E-state index is 0.573. The van der Waals surface area contributed by atoms with Gasteiger partial charge < -0.3 is 19.9 Å². The molecule has 0 bridgehead atoms. The summed E-state index contributed by atoms with van der Waals surface area (Å²) in [7, 11) is 4.94. The van der Waals surface area contributed by atoms with Gasteiger partial charge in [0, 0.05) is 10.9 Å². The van der Waals surface area contributed by atoms with Gasteiger partial charge in [0.05, 0.1) is 21.3 Å². The lowest BCUT2D eigenvalue weighted by Gasteiger charge is -2.15. The summed E-state index contributed by atoms with van der Waals surface area (Å²) in [6.07, 6.45) is 0.760. The van der Waals surface area contributed by atoms with Crippen molar-refractivity contribution in [3.8, 4) is 17.2 Å². The van der Waals surface area contributed by atoms with Crippen LogP contribution < -0.4 is 19.9 Å². The zero-order chi connectivity index (χ0) is 13.8. The number of ether oxygens (including phenoxy) is 3. The third-order valence-electron chi connectivity index (χ3n) is 3.22. The number of hydrogen-bond acceptors (Lipinski definition) is 4. The van der Waals surface area contributed by atoms with Gasteiger partial charge in [0.25, 0.3) is 0 Å². The molecule has 2 aromatic carbocycles. The van der Waals surface area contributed by atoms with Crippen molar-refractivity contribution >= 4 is 10.8 Å². The van der Waals surface area contributed by atoms with E-state index < -0.39 is 0 Å². The van der Waals surface area contributed by atoms with E-state index in [1.54, 1.807) is 21.3 Å². The van der Waals surface area contributed by atoms with Crippen LogP contribution in [0.25, 0.3) is 10.8 Å². The third kappa shape index (κ3) is 2.31. The van der Waals surface area contributed by atoms with Crippen molar-refractivity contribution in [3.05, 3.63) is 29.8 Å². The normalized spacial score (nSPS) is 10.5. The number of nitrogens with two attached hydrogens (primary N) is 1. The summed E-state index contributed by atoms with van der Waals surface area (Å²) in [5.74, 6) is 2.31. The van der Waals surface area contributed by atoms with Crippen LogP contribution in [0.4, 0.5) is 0 Å². The van der Waals surface area contributed by atoms with Gasteiger partial charge in [-0.05, 0) is 36.6 Å². The molecule has 0 aliphatic carbocycles. The van der Waals surface area contributed by atoms with Gasteiger partial charge in [-0.15, -0.1) is 0 Å². The molecular weight excluding hydrogens is 242 g/mol. The molecule has 0 unspecified atom stereocenters. The Morgan fingerprint density at radius 3 is 2.05 bits per heavy atom. The Kier molecular flexibility index (Phi) is 4.12. The fourth-order valence-corrected chi connectivity index (χ4v) is 2.37. The van der Waals surface area contributed by atoms with E-state index in [-0.39, 0.29) is 0 Å². The number of fused-ring (bicyclic) bond motifs is 1. The fraction of sp³-hybridized carbons (Fsp3) is 0.333. The summed E-state index contributed by atoms with van der Waals surface area (Å²) in [5, 5.41) is 2.09. The molecule has 4 nitrogen and oxygen atoms in total. The van der Waals surface area contributed by atoms with E-state index in [2.05, 4.69) is 0 Å². The molecule has 2 rings (SSSR count). The molecule has 102 valence electrons. The quantitative estimate of drug-likeness (QED) is 0.897. The first kappa shape index (κ1) is 13.5. The zero-order valence-electron chi connectivity index (χ0n) is 11.5. The smallest absolute Gasteiger partial charge is 0.168 e. The Bertz CT molecular complexity index is 581. The number of hydrogen-bond donors (Lipinski definition) is 1. The molecule has 4 heteroatoms. The van der Waals surface area contributed by atoms with Crippen LogP contribution >= 0.6 is 0 Å². The third-order valence-corrected chi connectivity index (χ3v) is 3.22. The first-order valence-electron chi connectivity index (χ1n) is 6.17. The van der Waals surface area contributed by atoms with E-state index >= 15 is 0 Å². The van der Waals surface area contributed by atoms with Crippen molar-refractivity contribution in [1.82, 2.24) is 0 Å². The van der Waals surface area contributed by atoms with E-state index in [0.29, 0.717) is 6.54 Å². The highest BCUT2D eigenvalue weighted by Gasteiger charge is 2.14.